The number of rotatable bonds is 8. The first-order valence-electron chi connectivity index (χ1n) is 8.43. The van der Waals surface area contributed by atoms with Crippen molar-refractivity contribution in [1.82, 2.24) is 14.8 Å². The monoisotopic (exact) mass is 346 g/mol. The summed E-state index contributed by atoms with van der Waals surface area (Å²) in [6, 6.07) is 6.02. The highest BCUT2D eigenvalue weighted by Gasteiger charge is 2.18. The summed E-state index contributed by atoms with van der Waals surface area (Å²) in [5.41, 5.74) is 3.12. The van der Waals surface area contributed by atoms with Crippen LogP contribution in [0.4, 0.5) is 5.69 Å². The minimum atomic E-state index is -0.236. The zero-order valence-electron chi connectivity index (χ0n) is 14.9. The largest absolute Gasteiger partial charge is 0.325 e. The van der Waals surface area contributed by atoms with Gasteiger partial charge in [-0.15, -0.1) is 10.2 Å². The molecule has 0 unspecified atom stereocenters. The molecule has 0 spiro atoms. The van der Waals surface area contributed by atoms with Crippen molar-refractivity contribution in [2.24, 2.45) is 0 Å². The zero-order valence-corrected chi connectivity index (χ0v) is 15.7. The Balaban J connectivity index is 1.95. The molecule has 0 aliphatic carbocycles. The summed E-state index contributed by atoms with van der Waals surface area (Å²) in [7, 11) is 0. The molecule has 1 amide bonds. The highest BCUT2D eigenvalue weighted by molar-refractivity contribution is 8.00. The Labute approximate surface area is 148 Å². The van der Waals surface area contributed by atoms with Crippen molar-refractivity contribution in [3.8, 4) is 0 Å². The summed E-state index contributed by atoms with van der Waals surface area (Å²) in [4.78, 5) is 12.5. The first kappa shape index (κ1) is 18.5. The van der Waals surface area contributed by atoms with Gasteiger partial charge in [-0.05, 0) is 38.8 Å². The average Bonchev–Trinajstić information content (AvgIpc) is 2.97. The van der Waals surface area contributed by atoms with Gasteiger partial charge in [0, 0.05) is 12.2 Å². The molecule has 6 heteroatoms. The Kier molecular flexibility index (Phi) is 6.85. The Morgan fingerprint density at radius 3 is 2.83 bits per heavy atom. The third-order valence-corrected chi connectivity index (χ3v) is 4.97. The van der Waals surface area contributed by atoms with E-state index in [1.165, 1.54) is 30.2 Å². The smallest absolute Gasteiger partial charge is 0.237 e. The number of amides is 1. The molecule has 0 aliphatic heterocycles. The Morgan fingerprint density at radius 2 is 2.12 bits per heavy atom. The summed E-state index contributed by atoms with van der Waals surface area (Å²) >= 11 is 1.45. The van der Waals surface area contributed by atoms with E-state index < -0.39 is 0 Å². The number of benzene rings is 1. The van der Waals surface area contributed by atoms with Crippen LogP contribution in [0.2, 0.25) is 0 Å². The predicted octanol–water partition coefficient (Wildman–Crippen LogP) is 4.20. The van der Waals surface area contributed by atoms with Crippen LogP contribution in [0, 0.1) is 13.8 Å². The number of hydrogen-bond donors (Lipinski definition) is 1. The Bertz CT molecular complexity index is 683. The highest BCUT2D eigenvalue weighted by Crippen LogP contribution is 2.23. The van der Waals surface area contributed by atoms with Crippen LogP contribution < -0.4 is 5.32 Å². The van der Waals surface area contributed by atoms with Crippen molar-refractivity contribution in [3.05, 3.63) is 35.7 Å². The zero-order chi connectivity index (χ0) is 17.5. The average molecular weight is 347 g/mol. The molecule has 0 saturated carbocycles. The number of carbonyl (C=O) groups is 1. The first-order chi connectivity index (χ1) is 11.5. The Hall–Kier alpha value is -1.82. The highest BCUT2D eigenvalue weighted by atomic mass is 32.2. The van der Waals surface area contributed by atoms with Crippen molar-refractivity contribution < 1.29 is 4.79 Å². The van der Waals surface area contributed by atoms with Crippen LogP contribution in [0.1, 0.15) is 44.2 Å². The van der Waals surface area contributed by atoms with Crippen molar-refractivity contribution >= 4 is 23.4 Å². The van der Waals surface area contributed by atoms with Crippen LogP contribution in [0.15, 0.2) is 29.7 Å². The number of nitrogens with zero attached hydrogens (tertiary/aromatic N) is 3. The van der Waals surface area contributed by atoms with Crippen LogP contribution in [0.25, 0.3) is 0 Å². The summed E-state index contributed by atoms with van der Waals surface area (Å²) in [5.74, 6) is -0.0185. The van der Waals surface area contributed by atoms with Gasteiger partial charge in [-0.25, -0.2) is 0 Å². The lowest BCUT2D eigenvalue weighted by Crippen LogP contribution is -2.23. The second-order valence-corrected chi connectivity index (χ2v) is 7.39. The van der Waals surface area contributed by atoms with Gasteiger partial charge in [0.1, 0.15) is 6.33 Å². The lowest BCUT2D eigenvalue weighted by molar-refractivity contribution is -0.115. The maximum atomic E-state index is 12.5. The molecule has 0 saturated heterocycles. The first-order valence-corrected chi connectivity index (χ1v) is 9.31. The molecule has 1 aromatic carbocycles. The lowest BCUT2D eigenvalue weighted by atomic mass is 10.1. The number of unbranched alkanes of at least 4 members (excludes halogenated alkanes) is 2. The van der Waals surface area contributed by atoms with Crippen LogP contribution >= 0.6 is 11.8 Å². The molecule has 0 fully saturated rings. The van der Waals surface area contributed by atoms with E-state index in [1.807, 2.05) is 37.5 Å². The molecule has 5 nitrogen and oxygen atoms in total. The number of carbonyl (C=O) groups excluding carboxylic acids is 1. The number of aryl methyl sites for hydroxylation is 3. The Morgan fingerprint density at radius 1 is 1.33 bits per heavy atom. The predicted molar refractivity (Wildman–Crippen MR) is 99.4 cm³/mol. The van der Waals surface area contributed by atoms with Crippen LogP contribution in [-0.2, 0) is 11.3 Å². The van der Waals surface area contributed by atoms with Crippen LogP contribution in [-0.4, -0.2) is 25.9 Å². The molecule has 24 heavy (non-hydrogen) atoms. The normalized spacial score (nSPS) is 12.2. The number of aromatic nitrogens is 3. The summed E-state index contributed by atoms with van der Waals surface area (Å²) in [5, 5.41) is 11.7. The third kappa shape index (κ3) is 5.09. The van der Waals surface area contributed by atoms with E-state index >= 15 is 0 Å². The van der Waals surface area contributed by atoms with Gasteiger partial charge in [0.05, 0.1) is 5.25 Å². The van der Waals surface area contributed by atoms with Gasteiger partial charge in [0.25, 0.3) is 0 Å². The van der Waals surface area contributed by atoms with Crippen LogP contribution in [0.5, 0.6) is 0 Å². The molecule has 1 N–H and O–H groups in total. The second-order valence-electron chi connectivity index (χ2n) is 6.08. The van der Waals surface area contributed by atoms with Crippen molar-refractivity contribution in [3.63, 3.8) is 0 Å². The minimum Gasteiger partial charge on any atom is -0.325 e. The molecule has 1 atom stereocenters. The molecule has 0 aliphatic rings. The number of hydrogen-bond acceptors (Lipinski definition) is 4. The van der Waals surface area contributed by atoms with E-state index in [0.717, 1.165) is 29.4 Å². The molecular formula is C18H26N4OS. The van der Waals surface area contributed by atoms with Crippen molar-refractivity contribution in [2.75, 3.05) is 5.32 Å². The molecule has 1 aromatic heterocycles. The van der Waals surface area contributed by atoms with Gasteiger partial charge in [-0.2, -0.15) is 0 Å². The maximum Gasteiger partial charge on any atom is 0.237 e. The van der Waals surface area contributed by atoms with Crippen molar-refractivity contribution in [1.29, 1.82) is 0 Å². The van der Waals surface area contributed by atoms with E-state index in [1.54, 1.807) is 6.33 Å². The summed E-state index contributed by atoms with van der Waals surface area (Å²) < 4.78 is 2.03. The summed E-state index contributed by atoms with van der Waals surface area (Å²) in [6.07, 6.45) is 5.21. The maximum absolute atomic E-state index is 12.5. The number of nitrogens with one attached hydrogen (secondary N) is 1. The molecule has 0 radical (unpaired) electrons. The molecule has 2 aromatic rings. The fraction of sp³-hybridized carbons (Fsp3) is 0.500. The van der Waals surface area contributed by atoms with E-state index in [4.69, 9.17) is 0 Å². The quantitative estimate of drug-likeness (QED) is 0.575. The standard InChI is InChI=1S/C18H26N4OS/c1-5-6-7-10-22-12-19-21-18(22)24-15(4)17(23)20-16-9-8-13(2)11-14(16)3/h8-9,11-12,15H,5-7,10H2,1-4H3,(H,20,23)/t15-/m0/s1. The van der Waals surface area contributed by atoms with Gasteiger partial charge in [0.15, 0.2) is 5.16 Å². The van der Waals surface area contributed by atoms with Gasteiger partial charge in [-0.1, -0.05) is 49.2 Å². The summed E-state index contributed by atoms with van der Waals surface area (Å²) in [6.45, 7) is 9.03. The van der Waals surface area contributed by atoms with E-state index in [2.05, 4.69) is 28.5 Å². The minimum absolute atomic E-state index is 0.0185. The fourth-order valence-corrected chi connectivity index (χ4v) is 3.27. The van der Waals surface area contributed by atoms with Gasteiger partial charge < -0.3 is 9.88 Å². The van der Waals surface area contributed by atoms with Crippen molar-refractivity contribution in [2.45, 2.75) is 63.9 Å². The topological polar surface area (TPSA) is 59.8 Å². The number of anilines is 1. The van der Waals surface area contributed by atoms with Crippen LogP contribution in [0.3, 0.4) is 0 Å². The molecule has 1 heterocycles. The van der Waals surface area contributed by atoms with Gasteiger partial charge in [0.2, 0.25) is 5.91 Å². The van der Waals surface area contributed by atoms with Gasteiger partial charge >= 0.3 is 0 Å². The van der Waals surface area contributed by atoms with E-state index in [9.17, 15) is 4.79 Å². The molecule has 130 valence electrons. The molecular weight excluding hydrogens is 320 g/mol. The van der Waals surface area contributed by atoms with E-state index in [-0.39, 0.29) is 11.2 Å². The molecule has 0 bridgehead atoms. The SMILES string of the molecule is CCCCCn1cnnc1S[C@@H](C)C(=O)Nc1ccc(C)cc1C. The third-order valence-electron chi connectivity index (χ3n) is 3.87. The fourth-order valence-electron chi connectivity index (χ4n) is 2.42. The number of thioether (sulfide) groups is 1. The lowest BCUT2D eigenvalue weighted by Gasteiger charge is -2.14. The van der Waals surface area contributed by atoms with Gasteiger partial charge in [-0.3, -0.25) is 4.79 Å². The molecule has 2 rings (SSSR count). The van der Waals surface area contributed by atoms with E-state index in [0.29, 0.717) is 0 Å². The second kappa shape index (κ2) is 8.87.